The van der Waals surface area contributed by atoms with Crippen molar-refractivity contribution >= 4 is 60.1 Å². The number of alkyl halides is 1. The Kier molecular flexibility index (Phi) is 9.92. The van der Waals surface area contributed by atoms with Gasteiger partial charge in [-0.25, -0.2) is 13.2 Å². The van der Waals surface area contributed by atoms with Crippen LogP contribution in [0.15, 0.2) is 114 Å². The van der Waals surface area contributed by atoms with E-state index < -0.39 is 26.7 Å². The molecule has 1 atom stereocenters. The molecule has 0 aliphatic carbocycles. The summed E-state index contributed by atoms with van der Waals surface area (Å²) in [7, 11) is -3.90. The van der Waals surface area contributed by atoms with Gasteiger partial charge in [0.25, 0.3) is 0 Å². The molecule has 4 aromatic rings. The third-order valence-electron chi connectivity index (χ3n) is 6.18. The lowest BCUT2D eigenvalue weighted by Crippen LogP contribution is -2.40. The average Bonchev–Trinajstić information content (AvgIpc) is 2.92. The van der Waals surface area contributed by atoms with E-state index in [-0.39, 0.29) is 18.0 Å². The maximum atomic E-state index is 14.1. The Labute approximate surface area is 255 Å². The summed E-state index contributed by atoms with van der Waals surface area (Å²) in [5.74, 6) is 0. The zero-order chi connectivity index (χ0) is 29.6. The molecule has 214 valence electrons. The molecule has 0 radical (unpaired) electrons. The van der Waals surface area contributed by atoms with E-state index in [1.807, 2.05) is 66.7 Å². The van der Waals surface area contributed by atoms with E-state index in [1.54, 1.807) is 57.2 Å². The SMILES string of the molecule is CC(C)(C)OC(=O)N(c1ccc2ccc(S(=O)(=O)N(Cc3ccccc3)Cc3ccccc3)cc2c1)C(Br)C=CCl. The maximum Gasteiger partial charge on any atom is 0.416 e. The fraction of sp³-hybridized carbons (Fsp3) is 0.219. The van der Waals surface area contributed by atoms with Crippen LogP contribution in [-0.2, 0) is 27.8 Å². The maximum absolute atomic E-state index is 14.1. The molecule has 4 rings (SSSR count). The van der Waals surface area contributed by atoms with Crippen LogP contribution in [0.4, 0.5) is 10.5 Å². The van der Waals surface area contributed by atoms with E-state index in [0.717, 1.165) is 16.5 Å². The van der Waals surface area contributed by atoms with Crippen molar-refractivity contribution < 1.29 is 17.9 Å². The number of sulfonamides is 1. The monoisotopic (exact) mass is 654 g/mol. The molecule has 6 nitrogen and oxygen atoms in total. The van der Waals surface area contributed by atoms with Crippen molar-refractivity contribution in [2.45, 2.75) is 49.3 Å². The van der Waals surface area contributed by atoms with Crippen LogP contribution in [0.5, 0.6) is 0 Å². The Morgan fingerprint density at radius 2 is 1.44 bits per heavy atom. The molecular weight excluding hydrogens is 624 g/mol. The summed E-state index contributed by atoms with van der Waals surface area (Å²) < 4.78 is 35.3. The van der Waals surface area contributed by atoms with Crippen molar-refractivity contribution in [2.24, 2.45) is 0 Å². The van der Waals surface area contributed by atoms with Crippen molar-refractivity contribution in [2.75, 3.05) is 4.90 Å². The van der Waals surface area contributed by atoms with Crippen LogP contribution in [0.3, 0.4) is 0 Å². The van der Waals surface area contributed by atoms with Gasteiger partial charge >= 0.3 is 6.09 Å². The first-order valence-corrected chi connectivity index (χ1v) is 15.8. The molecule has 1 amide bonds. The predicted molar refractivity (Wildman–Crippen MR) is 170 cm³/mol. The topological polar surface area (TPSA) is 66.9 Å². The van der Waals surface area contributed by atoms with E-state index in [4.69, 9.17) is 16.3 Å². The summed E-state index contributed by atoms with van der Waals surface area (Å²) >= 11 is 9.31. The van der Waals surface area contributed by atoms with Crippen molar-refractivity contribution in [1.29, 1.82) is 0 Å². The highest BCUT2D eigenvalue weighted by atomic mass is 79.9. The average molecular weight is 656 g/mol. The van der Waals surface area contributed by atoms with Gasteiger partial charge in [-0.05, 0) is 73.0 Å². The minimum Gasteiger partial charge on any atom is -0.443 e. The first-order chi connectivity index (χ1) is 19.5. The van der Waals surface area contributed by atoms with Gasteiger partial charge in [0.05, 0.1) is 4.90 Å². The third-order valence-corrected chi connectivity index (χ3v) is 8.83. The number of anilines is 1. The number of amides is 1. The minimum atomic E-state index is -3.90. The molecule has 0 N–H and O–H groups in total. The lowest BCUT2D eigenvalue weighted by atomic mass is 10.1. The number of carbonyl (C=O) groups is 1. The summed E-state index contributed by atoms with van der Waals surface area (Å²) in [6, 6.07) is 29.5. The van der Waals surface area contributed by atoms with E-state index >= 15 is 0 Å². The van der Waals surface area contributed by atoms with Crippen molar-refractivity contribution in [3.8, 4) is 0 Å². The molecule has 4 aromatic carbocycles. The fourth-order valence-electron chi connectivity index (χ4n) is 4.28. The normalized spacial score (nSPS) is 13.0. The molecule has 0 saturated heterocycles. The molecule has 0 aromatic heterocycles. The number of hydrogen-bond acceptors (Lipinski definition) is 4. The van der Waals surface area contributed by atoms with Crippen molar-refractivity contribution in [3.63, 3.8) is 0 Å². The summed E-state index contributed by atoms with van der Waals surface area (Å²) in [5.41, 5.74) is 2.89. The molecular formula is C32H32BrClN2O4S. The van der Waals surface area contributed by atoms with Gasteiger partial charge in [0.1, 0.15) is 10.6 Å². The standard InChI is InChI=1S/C32H32BrClN2O4S/c1-32(2,3)40-31(37)36(30(33)18-19-34)28-16-14-26-15-17-29(21-27(26)20-28)41(38,39)35(22-24-10-6-4-7-11-24)23-25-12-8-5-9-13-25/h4-21,30H,22-23H2,1-3H3. The molecule has 0 aliphatic heterocycles. The number of nitrogens with zero attached hydrogens (tertiary/aromatic N) is 2. The van der Waals surface area contributed by atoms with Crippen LogP contribution in [0.2, 0.25) is 0 Å². The summed E-state index contributed by atoms with van der Waals surface area (Å²) in [6.07, 6.45) is 1.02. The number of halogens is 2. The van der Waals surface area contributed by atoms with E-state index in [2.05, 4.69) is 15.9 Å². The molecule has 9 heteroatoms. The predicted octanol–water partition coefficient (Wildman–Crippen LogP) is 8.45. The first-order valence-electron chi connectivity index (χ1n) is 13.0. The van der Waals surface area contributed by atoms with Gasteiger partial charge in [0.15, 0.2) is 0 Å². The van der Waals surface area contributed by atoms with Crippen LogP contribution < -0.4 is 4.90 Å². The number of hydrogen-bond donors (Lipinski definition) is 0. The lowest BCUT2D eigenvalue weighted by molar-refractivity contribution is 0.0581. The third kappa shape index (κ3) is 7.98. The smallest absolute Gasteiger partial charge is 0.416 e. The Bertz CT molecular complexity index is 1580. The zero-order valence-electron chi connectivity index (χ0n) is 23.1. The molecule has 0 spiro atoms. The largest absolute Gasteiger partial charge is 0.443 e. The second-order valence-electron chi connectivity index (χ2n) is 10.5. The van der Waals surface area contributed by atoms with Gasteiger partial charge in [0.2, 0.25) is 10.0 Å². The van der Waals surface area contributed by atoms with E-state index in [1.165, 1.54) is 14.7 Å². The van der Waals surface area contributed by atoms with Crippen LogP contribution in [0, 0.1) is 0 Å². The van der Waals surface area contributed by atoms with Crippen LogP contribution >= 0.6 is 27.5 Å². The lowest BCUT2D eigenvalue weighted by Gasteiger charge is -2.29. The number of rotatable bonds is 9. The number of carbonyl (C=O) groups excluding carboxylic acids is 1. The van der Waals surface area contributed by atoms with E-state index in [0.29, 0.717) is 11.1 Å². The van der Waals surface area contributed by atoms with Crippen LogP contribution in [0.25, 0.3) is 10.8 Å². The fourth-order valence-corrected chi connectivity index (χ4v) is 6.60. The van der Waals surface area contributed by atoms with Crippen LogP contribution in [0.1, 0.15) is 31.9 Å². The molecule has 0 heterocycles. The molecule has 0 aliphatic rings. The van der Waals surface area contributed by atoms with Crippen LogP contribution in [-0.4, -0.2) is 29.4 Å². The van der Waals surface area contributed by atoms with Gasteiger partial charge in [0, 0.05) is 24.3 Å². The first kappa shape index (κ1) is 30.8. The summed E-state index contributed by atoms with van der Waals surface area (Å²) in [4.78, 5) is 14.2. The highest BCUT2D eigenvalue weighted by Crippen LogP contribution is 2.31. The highest BCUT2D eigenvalue weighted by molar-refractivity contribution is 9.09. The van der Waals surface area contributed by atoms with Crippen molar-refractivity contribution in [1.82, 2.24) is 4.31 Å². The van der Waals surface area contributed by atoms with Gasteiger partial charge in [-0.3, -0.25) is 4.90 Å². The minimum absolute atomic E-state index is 0.161. The zero-order valence-corrected chi connectivity index (χ0v) is 26.2. The Morgan fingerprint density at radius 1 is 0.878 bits per heavy atom. The quantitative estimate of drug-likeness (QED) is 0.134. The number of benzene rings is 4. The van der Waals surface area contributed by atoms with Gasteiger partial charge in [-0.15, -0.1) is 0 Å². The Hall–Kier alpha value is -3.17. The van der Waals surface area contributed by atoms with Crippen molar-refractivity contribution in [3.05, 3.63) is 120 Å². The van der Waals surface area contributed by atoms with E-state index in [9.17, 15) is 13.2 Å². The highest BCUT2D eigenvalue weighted by Gasteiger charge is 2.29. The van der Waals surface area contributed by atoms with Gasteiger partial charge in [-0.2, -0.15) is 4.31 Å². The second-order valence-corrected chi connectivity index (χ2v) is 13.6. The molecule has 0 fully saturated rings. The van der Waals surface area contributed by atoms with Gasteiger partial charge < -0.3 is 4.74 Å². The molecule has 0 bridgehead atoms. The number of fused-ring (bicyclic) bond motifs is 1. The molecule has 1 unspecified atom stereocenters. The molecule has 41 heavy (non-hydrogen) atoms. The Morgan fingerprint density at radius 3 is 1.98 bits per heavy atom. The Balaban J connectivity index is 1.75. The molecule has 0 saturated carbocycles. The van der Waals surface area contributed by atoms with Gasteiger partial charge in [-0.1, -0.05) is 100 Å². The second kappa shape index (κ2) is 13.2. The summed E-state index contributed by atoms with van der Waals surface area (Å²) in [6.45, 7) is 5.81. The summed E-state index contributed by atoms with van der Waals surface area (Å²) in [5, 5.41) is 1.49. The number of ether oxygens (including phenoxy) is 1.